The van der Waals surface area contributed by atoms with Crippen molar-refractivity contribution in [2.24, 2.45) is 0 Å². The first-order chi connectivity index (χ1) is 14.0. The molecular formula is C19H22FN3O6S. The Bertz CT molecular complexity index is 1110. The number of benzene rings is 1. The van der Waals surface area contributed by atoms with Gasteiger partial charge < -0.3 is 9.64 Å². The number of fused-ring (bicyclic) bond motifs is 1. The maximum atomic E-state index is 14.3. The lowest BCUT2D eigenvalue weighted by Gasteiger charge is -2.27. The lowest BCUT2D eigenvalue weighted by Crippen LogP contribution is -2.50. The van der Waals surface area contributed by atoms with Crippen LogP contribution in [0.1, 0.15) is 19.0 Å². The molecule has 3 rings (SSSR count). The fraction of sp³-hybridized carbons (Fsp3) is 0.368. The number of sulfone groups is 1. The van der Waals surface area contributed by atoms with E-state index in [2.05, 4.69) is 0 Å². The topological polar surface area (TPSA) is 118 Å². The number of methoxy groups -OCH3 is 1. The number of halogens is 1. The molecule has 11 heteroatoms. The second-order valence-electron chi connectivity index (χ2n) is 7.33. The molecule has 1 aromatic heterocycles. The molecule has 0 radical (unpaired) electrons. The summed E-state index contributed by atoms with van der Waals surface area (Å²) in [4.78, 5) is 26.0. The Kier molecular flexibility index (Phi) is 5.61. The predicted octanol–water partition coefficient (Wildman–Crippen LogP) is 1.79. The molecule has 2 amide bonds. The summed E-state index contributed by atoms with van der Waals surface area (Å²) in [5.41, 5.74) is 2.84. The Morgan fingerprint density at radius 2 is 2.07 bits per heavy atom. The van der Waals surface area contributed by atoms with Crippen LogP contribution in [0.15, 0.2) is 30.5 Å². The van der Waals surface area contributed by atoms with Gasteiger partial charge in [-0.2, -0.15) is 0 Å². The van der Waals surface area contributed by atoms with Crippen molar-refractivity contribution in [1.29, 1.82) is 0 Å². The van der Waals surface area contributed by atoms with Crippen molar-refractivity contribution in [3.05, 3.63) is 42.0 Å². The molecule has 2 aromatic rings. The molecule has 1 aliphatic rings. The molecule has 9 nitrogen and oxygen atoms in total. The molecule has 30 heavy (non-hydrogen) atoms. The summed E-state index contributed by atoms with van der Waals surface area (Å²) >= 11 is 0. The zero-order valence-corrected chi connectivity index (χ0v) is 17.5. The van der Waals surface area contributed by atoms with Crippen molar-refractivity contribution in [1.82, 2.24) is 14.9 Å². The van der Waals surface area contributed by atoms with Crippen LogP contribution < -0.4 is 10.2 Å². The lowest BCUT2D eigenvalue weighted by atomic mass is 10.1. The Balaban J connectivity index is 1.78. The van der Waals surface area contributed by atoms with E-state index in [0.717, 1.165) is 6.26 Å². The van der Waals surface area contributed by atoms with E-state index in [9.17, 15) is 22.4 Å². The van der Waals surface area contributed by atoms with Gasteiger partial charge in [-0.15, -0.1) is 0 Å². The molecule has 0 spiro atoms. The summed E-state index contributed by atoms with van der Waals surface area (Å²) in [5.74, 6) is -1.17. The van der Waals surface area contributed by atoms with Crippen LogP contribution in [0.3, 0.4) is 0 Å². The van der Waals surface area contributed by atoms with Crippen molar-refractivity contribution < 1.29 is 32.3 Å². The van der Waals surface area contributed by atoms with E-state index in [4.69, 9.17) is 9.94 Å². The first-order valence-corrected chi connectivity index (χ1v) is 10.9. The smallest absolute Gasteiger partial charge is 0.328 e. The molecule has 1 aromatic carbocycles. The van der Waals surface area contributed by atoms with Gasteiger partial charge in [0.05, 0.1) is 13.7 Å². The third kappa shape index (κ3) is 3.65. The minimum atomic E-state index is -3.86. The van der Waals surface area contributed by atoms with Crippen LogP contribution in [0.4, 0.5) is 9.18 Å². The van der Waals surface area contributed by atoms with Gasteiger partial charge in [-0.25, -0.2) is 23.1 Å². The minimum absolute atomic E-state index is 0.0241. The molecule has 0 saturated carbocycles. The van der Waals surface area contributed by atoms with Crippen LogP contribution in [-0.4, -0.2) is 59.7 Å². The van der Waals surface area contributed by atoms with Gasteiger partial charge in [-0.05, 0) is 31.5 Å². The molecular weight excluding hydrogens is 417 g/mol. The van der Waals surface area contributed by atoms with E-state index in [-0.39, 0.29) is 19.5 Å². The molecule has 0 bridgehead atoms. The lowest BCUT2D eigenvalue weighted by molar-refractivity contribution is -0.131. The minimum Gasteiger partial charge on any atom is -0.497 e. The van der Waals surface area contributed by atoms with Crippen LogP contribution in [0.5, 0.6) is 5.75 Å². The summed E-state index contributed by atoms with van der Waals surface area (Å²) in [7, 11) is -2.42. The Hall–Kier alpha value is -2.92. The number of rotatable bonds is 7. The van der Waals surface area contributed by atoms with Gasteiger partial charge in [0.15, 0.2) is 14.6 Å². The van der Waals surface area contributed by atoms with Gasteiger partial charge in [-0.3, -0.25) is 14.6 Å². The number of ether oxygens (including phenoxy) is 1. The zero-order valence-electron chi connectivity index (χ0n) is 16.7. The second-order valence-corrected chi connectivity index (χ2v) is 9.78. The van der Waals surface area contributed by atoms with E-state index in [0.29, 0.717) is 22.6 Å². The summed E-state index contributed by atoms with van der Waals surface area (Å²) in [6.45, 7) is 1.35. The van der Waals surface area contributed by atoms with Crippen molar-refractivity contribution in [2.45, 2.75) is 24.6 Å². The van der Waals surface area contributed by atoms with Crippen LogP contribution in [0.25, 0.3) is 11.1 Å². The maximum Gasteiger partial charge on any atom is 0.328 e. The van der Waals surface area contributed by atoms with E-state index in [1.54, 1.807) is 18.2 Å². The third-order valence-electron chi connectivity index (χ3n) is 5.48. The third-order valence-corrected chi connectivity index (χ3v) is 7.50. The molecule has 1 atom stereocenters. The van der Waals surface area contributed by atoms with Crippen molar-refractivity contribution in [3.8, 4) is 16.9 Å². The van der Waals surface area contributed by atoms with Crippen LogP contribution in [0, 0.1) is 5.82 Å². The van der Waals surface area contributed by atoms with E-state index in [1.165, 1.54) is 41.2 Å². The molecule has 0 unspecified atom stereocenters. The Morgan fingerprint density at radius 3 is 2.60 bits per heavy atom. The molecule has 0 saturated heterocycles. The molecule has 162 valence electrons. The van der Waals surface area contributed by atoms with Crippen molar-refractivity contribution in [3.63, 3.8) is 0 Å². The summed E-state index contributed by atoms with van der Waals surface area (Å²) < 4.78 is 42.9. The first kappa shape index (κ1) is 21.8. The van der Waals surface area contributed by atoms with Gasteiger partial charge in [0, 0.05) is 41.9 Å². The van der Waals surface area contributed by atoms with Gasteiger partial charge in [0.25, 0.3) is 5.91 Å². The fourth-order valence-electron chi connectivity index (χ4n) is 3.34. The van der Waals surface area contributed by atoms with Gasteiger partial charge in [0.1, 0.15) is 11.6 Å². The van der Waals surface area contributed by atoms with Crippen LogP contribution >= 0.6 is 0 Å². The van der Waals surface area contributed by atoms with Crippen molar-refractivity contribution >= 4 is 21.8 Å². The number of hydrogen-bond donors (Lipinski definition) is 2. The monoisotopic (exact) mass is 439 g/mol. The number of carbonyl (C=O) groups excluding carboxylic acids is 2. The number of nitrogens with zero attached hydrogens (tertiary/aromatic N) is 2. The average Bonchev–Trinajstić information content (AvgIpc) is 3.23. The number of nitrogens with one attached hydrogen (secondary N) is 1. The zero-order chi connectivity index (χ0) is 22.3. The number of carbonyl (C=O) groups is 2. The molecule has 2 heterocycles. The van der Waals surface area contributed by atoms with Gasteiger partial charge >= 0.3 is 6.03 Å². The molecule has 2 N–H and O–H groups in total. The van der Waals surface area contributed by atoms with Crippen LogP contribution in [-0.2, 0) is 21.2 Å². The second kappa shape index (κ2) is 7.73. The van der Waals surface area contributed by atoms with Crippen molar-refractivity contribution in [2.75, 3.05) is 19.9 Å². The summed E-state index contributed by atoms with van der Waals surface area (Å²) in [5, 5.41) is 8.89. The highest BCUT2D eigenvalue weighted by atomic mass is 32.2. The summed E-state index contributed by atoms with van der Waals surface area (Å²) in [6.07, 6.45) is 2.21. The largest absolute Gasteiger partial charge is 0.497 e. The summed E-state index contributed by atoms with van der Waals surface area (Å²) in [6, 6.07) is 5.70. The first-order valence-electron chi connectivity index (χ1n) is 9.00. The number of amides is 2. The number of aromatic nitrogens is 1. The maximum absolute atomic E-state index is 14.3. The highest BCUT2D eigenvalue weighted by Gasteiger charge is 2.44. The highest BCUT2D eigenvalue weighted by molar-refractivity contribution is 7.92. The molecule has 1 aliphatic heterocycles. The fourth-order valence-corrected chi connectivity index (χ4v) is 4.18. The number of hydrogen-bond acceptors (Lipinski definition) is 6. The SMILES string of the molecule is COc1ccc(-c2cc3n(c2)C(=O)N(CC[C@](C)(C(=O)NO)S(C)(=O)=O)C3)c(F)c1. The standard InChI is InChI=1S/C19H22FN3O6S/c1-19(17(24)21-26,30(3,27)28)6-7-22-11-13-8-12(10-23(13)18(22)25)15-5-4-14(29-2)9-16(15)20/h4-5,8-10,26H,6-7,11H2,1-3H3,(H,21,24)/t19-/m1/s1. The van der Waals surface area contributed by atoms with E-state index < -0.39 is 32.3 Å². The highest BCUT2D eigenvalue weighted by Crippen LogP contribution is 2.31. The van der Waals surface area contributed by atoms with Gasteiger partial charge in [0.2, 0.25) is 0 Å². The predicted molar refractivity (Wildman–Crippen MR) is 105 cm³/mol. The Labute approximate surface area is 172 Å². The molecule has 0 aliphatic carbocycles. The van der Waals surface area contributed by atoms with Gasteiger partial charge in [-0.1, -0.05) is 0 Å². The average molecular weight is 439 g/mol. The quantitative estimate of drug-likeness (QED) is 0.502. The number of hydroxylamine groups is 1. The Morgan fingerprint density at radius 1 is 1.37 bits per heavy atom. The normalized spacial score (nSPS) is 15.6. The van der Waals surface area contributed by atoms with E-state index >= 15 is 0 Å². The molecule has 0 fully saturated rings. The van der Waals surface area contributed by atoms with E-state index in [1.807, 2.05) is 0 Å². The van der Waals surface area contributed by atoms with Crippen LogP contribution in [0.2, 0.25) is 0 Å².